The van der Waals surface area contributed by atoms with E-state index in [1.807, 2.05) is 24.3 Å². The first-order valence-electron chi connectivity index (χ1n) is 11.5. The number of likely N-dealkylation sites (N-methyl/N-ethyl adjacent to an activating group) is 1. The Morgan fingerprint density at radius 1 is 1.10 bits per heavy atom. The van der Waals surface area contributed by atoms with Gasteiger partial charge in [-0.3, -0.25) is 4.79 Å². The van der Waals surface area contributed by atoms with Crippen LogP contribution in [-0.2, 0) is 11.3 Å². The van der Waals surface area contributed by atoms with Gasteiger partial charge in [-0.2, -0.15) is 0 Å². The first-order valence-corrected chi connectivity index (χ1v) is 11.5. The minimum Gasteiger partial charge on any atom is -0.497 e. The molecule has 0 aliphatic carbocycles. The molecule has 0 radical (unpaired) electrons. The third kappa shape index (κ3) is 6.96. The minimum atomic E-state index is 0.0770. The zero-order valence-corrected chi connectivity index (χ0v) is 19.3. The molecule has 0 spiro atoms. The Hall–Kier alpha value is -1.63. The number of hydrogen-bond acceptors (Lipinski definition) is 5. The van der Waals surface area contributed by atoms with Crippen LogP contribution in [0.25, 0.3) is 0 Å². The van der Waals surface area contributed by atoms with E-state index in [9.17, 15) is 4.79 Å². The second-order valence-electron chi connectivity index (χ2n) is 9.58. The number of nitrogens with one attached hydrogen (secondary N) is 1. The van der Waals surface area contributed by atoms with Gasteiger partial charge < -0.3 is 24.8 Å². The number of piperidine rings is 1. The maximum absolute atomic E-state index is 13.0. The molecule has 0 saturated carbocycles. The predicted octanol–water partition coefficient (Wildman–Crippen LogP) is 2.15. The summed E-state index contributed by atoms with van der Waals surface area (Å²) < 4.78 is 5.21. The number of hydrogen-bond donors (Lipinski definition) is 1. The lowest BCUT2D eigenvalue weighted by molar-refractivity contribution is -0.128. The fourth-order valence-electron chi connectivity index (χ4n) is 4.76. The number of benzene rings is 1. The van der Waals surface area contributed by atoms with E-state index < -0.39 is 0 Å². The maximum atomic E-state index is 13.0. The summed E-state index contributed by atoms with van der Waals surface area (Å²) in [4.78, 5) is 20.5. The summed E-state index contributed by atoms with van der Waals surface area (Å²) >= 11 is 0. The van der Waals surface area contributed by atoms with Crippen molar-refractivity contribution in [2.75, 3.05) is 66.5 Å². The molecular weight excluding hydrogens is 376 g/mol. The molecule has 2 aliphatic rings. The third-order valence-electron chi connectivity index (χ3n) is 6.35. The fraction of sp³-hybridized carbons (Fsp3) is 0.708. The van der Waals surface area contributed by atoms with Gasteiger partial charge in [-0.1, -0.05) is 26.0 Å². The van der Waals surface area contributed by atoms with Crippen molar-refractivity contribution in [1.82, 2.24) is 20.0 Å². The number of methoxy groups -OCH3 is 1. The minimum absolute atomic E-state index is 0.0770. The van der Waals surface area contributed by atoms with E-state index in [4.69, 9.17) is 4.74 Å². The number of amides is 1. The second-order valence-corrected chi connectivity index (χ2v) is 9.58. The molecule has 0 bridgehead atoms. The summed E-state index contributed by atoms with van der Waals surface area (Å²) in [7, 11) is 3.87. The van der Waals surface area contributed by atoms with Crippen molar-refractivity contribution in [3.63, 3.8) is 0 Å². The molecule has 6 nitrogen and oxygen atoms in total. The van der Waals surface area contributed by atoms with Gasteiger partial charge in [0.05, 0.1) is 13.0 Å². The molecule has 3 rings (SSSR count). The smallest absolute Gasteiger partial charge is 0.224 e. The van der Waals surface area contributed by atoms with Crippen LogP contribution in [0.4, 0.5) is 0 Å². The van der Waals surface area contributed by atoms with E-state index in [-0.39, 0.29) is 11.8 Å². The third-order valence-corrected chi connectivity index (χ3v) is 6.35. The van der Waals surface area contributed by atoms with E-state index in [1.165, 1.54) is 0 Å². The predicted molar refractivity (Wildman–Crippen MR) is 122 cm³/mol. The van der Waals surface area contributed by atoms with Crippen molar-refractivity contribution in [3.05, 3.63) is 29.8 Å². The number of carbonyl (C=O) groups excluding carboxylic acids is 1. The molecule has 6 heteroatoms. The van der Waals surface area contributed by atoms with Crippen LogP contribution in [0.15, 0.2) is 24.3 Å². The molecule has 1 N–H and O–H groups in total. The Morgan fingerprint density at radius 2 is 1.80 bits per heavy atom. The Labute approximate surface area is 182 Å². The van der Waals surface area contributed by atoms with Gasteiger partial charge in [0.2, 0.25) is 5.91 Å². The summed E-state index contributed by atoms with van der Waals surface area (Å²) in [5.74, 6) is 2.30. The number of nitrogens with zero attached hydrogens (tertiary/aromatic N) is 3. The second kappa shape index (κ2) is 11.1. The zero-order valence-electron chi connectivity index (χ0n) is 19.3. The molecular formula is C24H40N4O2. The van der Waals surface area contributed by atoms with Crippen LogP contribution in [0.1, 0.15) is 25.8 Å². The number of ether oxygens (including phenoxy) is 1. The quantitative estimate of drug-likeness (QED) is 0.704. The first kappa shape index (κ1) is 23.0. The molecule has 2 saturated heterocycles. The van der Waals surface area contributed by atoms with E-state index in [0.717, 1.165) is 70.1 Å². The summed E-state index contributed by atoms with van der Waals surface area (Å²) in [5, 5.41) is 3.18. The topological polar surface area (TPSA) is 48.1 Å². The van der Waals surface area contributed by atoms with Crippen LogP contribution in [0.2, 0.25) is 0 Å². The number of carbonyl (C=O) groups is 1. The van der Waals surface area contributed by atoms with E-state index in [2.05, 4.69) is 40.9 Å². The van der Waals surface area contributed by atoms with Crippen molar-refractivity contribution in [2.45, 2.75) is 26.8 Å². The van der Waals surface area contributed by atoms with Gasteiger partial charge in [0.15, 0.2) is 0 Å². The van der Waals surface area contributed by atoms with Gasteiger partial charge in [-0.05, 0) is 43.0 Å². The lowest BCUT2D eigenvalue weighted by atomic mass is 9.87. The highest BCUT2D eigenvalue weighted by atomic mass is 16.5. The van der Waals surface area contributed by atoms with Crippen LogP contribution >= 0.6 is 0 Å². The highest BCUT2D eigenvalue weighted by molar-refractivity contribution is 5.79. The van der Waals surface area contributed by atoms with Gasteiger partial charge in [0.1, 0.15) is 5.75 Å². The SMILES string of the molecule is COc1ccc(CNC(=O)[C@@H]2C[C@H](CN3CCN(C)CC3)CN(CC(C)C)C2)cc1. The summed E-state index contributed by atoms with van der Waals surface area (Å²) in [6.07, 6.45) is 0.995. The standard InChI is InChI=1S/C24H40N4O2/c1-19(2)15-28-17-21(16-27-11-9-26(3)10-12-27)13-22(18-28)24(29)25-14-20-5-7-23(30-4)8-6-20/h5-8,19,21-22H,9-18H2,1-4H3,(H,25,29)/t21-,22-/m1/s1. The summed E-state index contributed by atoms with van der Waals surface area (Å²) in [6, 6.07) is 7.92. The number of likely N-dealkylation sites (tertiary alicyclic amines) is 1. The normalized spacial score (nSPS) is 24.2. The molecule has 1 aromatic rings. The summed E-state index contributed by atoms with van der Waals surface area (Å²) in [6.45, 7) is 13.9. The molecule has 0 aromatic heterocycles. The van der Waals surface area contributed by atoms with E-state index >= 15 is 0 Å². The van der Waals surface area contributed by atoms with Crippen molar-refractivity contribution in [3.8, 4) is 5.75 Å². The maximum Gasteiger partial charge on any atom is 0.224 e. The number of piperazine rings is 1. The zero-order chi connectivity index (χ0) is 21.5. The van der Waals surface area contributed by atoms with Crippen molar-refractivity contribution in [2.24, 2.45) is 17.8 Å². The average molecular weight is 417 g/mol. The molecule has 2 atom stereocenters. The van der Waals surface area contributed by atoms with Gasteiger partial charge in [0, 0.05) is 58.9 Å². The van der Waals surface area contributed by atoms with Crippen molar-refractivity contribution < 1.29 is 9.53 Å². The van der Waals surface area contributed by atoms with Crippen LogP contribution < -0.4 is 10.1 Å². The molecule has 1 amide bonds. The van der Waals surface area contributed by atoms with Gasteiger partial charge >= 0.3 is 0 Å². The Balaban J connectivity index is 1.55. The molecule has 2 aliphatic heterocycles. The van der Waals surface area contributed by atoms with Crippen molar-refractivity contribution >= 4 is 5.91 Å². The highest BCUT2D eigenvalue weighted by Gasteiger charge is 2.33. The first-order chi connectivity index (χ1) is 14.4. The average Bonchev–Trinajstić information content (AvgIpc) is 2.73. The lowest BCUT2D eigenvalue weighted by Crippen LogP contribution is -2.52. The Bertz CT molecular complexity index is 656. The van der Waals surface area contributed by atoms with E-state index in [0.29, 0.717) is 18.4 Å². The number of rotatable bonds is 8. The Kier molecular flexibility index (Phi) is 8.54. The molecule has 2 fully saturated rings. The van der Waals surface area contributed by atoms with Crippen LogP contribution in [-0.4, -0.2) is 87.1 Å². The van der Waals surface area contributed by atoms with Crippen LogP contribution in [0.5, 0.6) is 5.75 Å². The van der Waals surface area contributed by atoms with Crippen molar-refractivity contribution in [1.29, 1.82) is 0 Å². The monoisotopic (exact) mass is 416 g/mol. The molecule has 168 valence electrons. The summed E-state index contributed by atoms with van der Waals surface area (Å²) in [5.41, 5.74) is 1.10. The van der Waals surface area contributed by atoms with Crippen LogP contribution in [0, 0.1) is 17.8 Å². The van der Waals surface area contributed by atoms with Gasteiger partial charge in [-0.25, -0.2) is 0 Å². The lowest BCUT2D eigenvalue weighted by Gasteiger charge is -2.41. The molecule has 30 heavy (non-hydrogen) atoms. The molecule has 1 aromatic carbocycles. The fourth-order valence-corrected chi connectivity index (χ4v) is 4.76. The largest absolute Gasteiger partial charge is 0.497 e. The van der Waals surface area contributed by atoms with Crippen LogP contribution in [0.3, 0.4) is 0 Å². The molecule has 2 heterocycles. The van der Waals surface area contributed by atoms with E-state index in [1.54, 1.807) is 7.11 Å². The highest BCUT2D eigenvalue weighted by Crippen LogP contribution is 2.24. The Morgan fingerprint density at radius 3 is 2.43 bits per heavy atom. The van der Waals surface area contributed by atoms with Gasteiger partial charge in [0.25, 0.3) is 0 Å². The van der Waals surface area contributed by atoms with Gasteiger partial charge in [-0.15, -0.1) is 0 Å². The molecule has 0 unspecified atom stereocenters.